The highest BCUT2D eigenvalue weighted by molar-refractivity contribution is 5.96. The molecule has 10 nitrogen and oxygen atoms in total. The van der Waals surface area contributed by atoms with Crippen LogP contribution in [0.25, 0.3) is 16.7 Å². The molecule has 2 aromatic heterocycles. The van der Waals surface area contributed by atoms with Crippen LogP contribution in [0.3, 0.4) is 0 Å². The van der Waals surface area contributed by atoms with Gasteiger partial charge in [0.1, 0.15) is 17.2 Å². The number of phenolic OH excluding ortho intramolecular Hbond substituents is 1. The minimum Gasteiger partial charge on any atom is -0.507 e. The van der Waals surface area contributed by atoms with Gasteiger partial charge >= 0.3 is 0 Å². The number of methoxy groups -OCH3 is 1. The lowest BCUT2D eigenvalue weighted by Gasteiger charge is -2.26. The highest BCUT2D eigenvalue weighted by atomic mass is 16.5. The van der Waals surface area contributed by atoms with Crippen LogP contribution in [0.15, 0.2) is 54.9 Å². The Morgan fingerprint density at radius 3 is 2.64 bits per heavy atom. The number of aromatic nitrogens is 3. The van der Waals surface area contributed by atoms with E-state index in [0.29, 0.717) is 23.5 Å². The number of hydrogen-bond acceptors (Lipinski definition) is 7. The van der Waals surface area contributed by atoms with Crippen molar-refractivity contribution in [3.8, 4) is 17.3 Å². The molecule has 1 amide bonds. The Hall–Kier alpha value is -4.18. The number of anilines is 3. The van der Waals surface area contributed by atoms with Crippen molar-refractivity contribution < 1.29 is 14.6 Å². The van der Waals surface area contributed by atoms with Gasteiger partial charge in [-0.1, -0.05) is 13.0 Å². The molecule has 2 heterocycles. The quantitative estimate of drug-likeness (QED) is 0.311. The van der Waals surface area contributed by atoms with Crippen molar-refractivity contribution in [2.24, 2.45) is 0 Å². The van der Waals surface area contributed by atoms with Crippen molar-refractivity contribution in [1.29, 1.82) is 0 Å². The van der Waals surface area contributed by atoms with Gasteiger partial charge in [-0.2, -0.15) is 9.89 Å². The first-order valence-corrected chi connectivity index (χ1v) is 11.8. The van der Waals surface area contributed by atoms with E-state index in [0.717, 1.165) is 35.5 Å². The predicted molar refractivity (Wildman–Crippen MR) is 143 cm³/mol. The van der Waals surface area contributed by atoms with Crippen molar-refractivity contribution in [2.45, 2.75) is 13.3 Å². The Kier molecular flexibility index (Phi) is 7.35. The largest absolute Gasteiger partial charge is 0.507 e. The Bertz CT molecular complexity index is 1360. The van der Waals surface area contributed by atoms with E-state index >= 15 is 0 Å². The number of benzene rings is 2. The van der Waals surface area contributed by atoms with Gasteiger partial charge in [0.25, 0.3) is 0 Å². The van der Waals surface area contributed by atoms with Crippen LogP contribution in [0.2, 0.25) is 0 Å². The summed E-state index contributed by atoms with van der Waals surface area (Å²) in [5, 5.41) is 18.4. The average Bonchev–Trinajstić information content (AvgIpc) is 3.50. The zero-order chi connectivity index (χ0) is 25.8. The highest BCUT2D eigenvalue weighted by Gasteiger charge is 2.18. The van der Waals surface area contributed by atoms with Crippen LogP contribution >= 0.6 is 0 Å². The first-order chi connectivity index (χ1) is 17.3. The third kappa shape index (κ3) is 5.08. The zero-order valence-electron chi connectivity index (χ0n) is 21.3. The van der Waals surface area contributed by atoms with E-state index in [-0.39, 0.29) is 11.7 Å². The Labute approximate surface area is 210 Å². The fourth-order valence-corrected chi connectivity index (χ4v) is 3.98. The number of rotatable bonds is 10. The summed E-state index contributed by atoms with van der Waals surface area (Å²) in [6.07, 6.45) is 3.94. The summed E-state index contributed by atoms with van der Waals surface area (Å²) in [5.74, 6) is 1.49. The molecule has 0 saturated carbocycles. The lowest BCUT2D eigenvalue weighted by molar-refractivity contribution is -0.115. The molecule has 0 bridgehead atoms. The number of carbonyl (C=O) groups excluding carboxylic acids is 1. The van der Waals surface area contributed by atoms with Crippen molar-refractivity contribution in [3.63, 3.8) is 0 Å². The maximum atomic E-state index is 12.3. The van der Waals surface area contributed by atoms with Crippen LogP contribution in [-0.4, -0.2) is 71.7 Å². The number of ether oxygens (including phenoxy) is 1. The second-order valence-corrected chi connectivity index (χ2v) is 8.80. The number of nitrogens with zero attached hydrogens (tertiary/aromatic N) is 5. The SMILES string of the molecule is CCC(=O)Nc1cc(Nn2nccc2-n2ccc3c(O)cccc32)c(OC)cc1N(C)CCN(C)C. The monoisotopic (exact) mass is 491 g/mol. The van der Waals surface area contributed by atoms with E-state index in [9.17, 15) is 9.90 Å². The first kappa shape index (κ1) is 24.9. The molecule has 0 aliphatic rings. The highest BCUT2D eigenvalue weighted by Crippen LogP contribution is 2.37. The van der Waals surface area contributed by atoms with Gasteiger partial charge in [-0.05, 0) is 38.4 Å². The van der Waals surface area contributed by atoms with Crippen molar-refractivity contribution in [2.75, 3.05) is 57.0 Å². The van der Waals surface area contributed by atoms with E-state index in [1.54, 1.807) is 30.2 Å². The van der Waals surface area contributed by atoms with Gasteiger partial charge in [-0.3, -0.25) is 14.8 Å². The average molecular weight is 492 g/mol. The third-order valence-corrected chi connectivity index (χ3v) is 6.01. The van der Waals surface area contributed by atoms with Crippen LogP contribution < -0.4 is 20.4 Å². The van der Waals surface area contributed by atoms with Crippen LogP contribution in [0.4, 0.5) is 17.1 Å². The molecule has 0 unspecified atom stereocenters. The molecule has 3 N–H and O–H groups in total. The second kappa shape index (κ2) is 10.6. The van der Waals surface area contributed by atoms with Gasteiger partial charge in [0.05, 0.1) is 30.2 Å². The van der Waals surface area contributed by atoms with E-state index < -0.39 is 0 Å². The molecular formula is C26H33N7O3. The number of nitrogens with one attached hydrogen (secondary N) is 2. The number of carbonyl (C=O) groups is 1. The topological polar surface area (TPSA) is 99.8 Å². The standard InChI is InChI=1S/C26H33N7O3/c1-6-25(35)28-19-16-20(24(36-5)17-22(19)31(4)15-14-30(2)3)29-33-26(10-12-27-33)32-13-11-18-21(32)8-7-9-23(18)34/h7-13,16-17,29,34H,6,14-15H2,1-5H3,(H,28,35). The molecule has 0 spiro atoms. The minimum atomic E-state index is -0.0771. The maximum Gasteiger partial charge on any atom is 0.224 e. The van der Waals surface area contributed by atoms with Crippen molar-refractivity contribution >= 4 is 33.9 Å². The summed E-state index contributed by atoms with van der Waals surface area (Å²) in [6, 6.07) is 12.9. The van der Waals surface area contributed by atoms with Gasteiger partial charge in [-0.25, -0.2) is 0 Å². The van der Waals surface area contributed by atoms with Crippen LogP contribution in [0, 0.1) is 0 Å². The van der Waals surface area contributed by atoms with E-state index in [1.165, 1.54) is 0 Å². The summed E-state index contributed by atoms with van der Waals surface area (Å²) < 4.78 is 7.66. The molecule has 2 aromatic carbocycles. The van der Waals surface area contributed by atoms with Crippen LogP contribution in [0.1, 0.15) is 13.3 Å². The van der Waals surface area contributed by atoms with Crippen molar-refractivity contribution in [1.82, 2.24) is 19.4 Å². The third-order valence-electron chi connectivity index (χ3n) is 6.01. The summed E-state index contributed by atoms with van der Waals surface area (Å²) in [6.45, 7) is 3.45. The van der Waals surface area contributed by atoms with Gasteiger partial charge in [0.15, 0.2) is 5.82 Å². The zero-order valence-corrected chi connectivity index (χ0v) is 21.3. The van der Waals surface area contributed by atoms with Crippen LogP contribution in [-0.2, 0) is 4.79 Å². The molecule has 4 aromatic rings. The molecule has 190 valence electrons. The van der Waals surface area contributed by atoms with Gasteiger partial charge in [0.2, 0.25) is 5.91 Å². The fourth-order valence-electron chi connectivity index (χ4n) is 3.98. The Morgan fingerprint density at radius 1 is 1.11 bits per heavy atom. The van der Waals surface area contributed by atoms with Gasteiger partial charge in [-0.15, -0.1) is 0 Å². The number of aromatic hydroxyl groups is 1. The molecule has 4 rings (SSSR count). The molecule has 0 radical (unpaired) electrons. The lowest BCUT2D eigenvalue weighted by atomic mass is 10.2. The number of fused-ring (bicyclic) bond motifs is 1. The molecule has 0 aliphatic carbocycles. The maximum absolute atomic E-state index is 12.3. The predicted octanol–water partition coefficient (Wildman–Crippen LogP) is 3.76. The van der Waals surface area contributed by atoms with Crippen LogP contribution in [0.5, 0.6) is 11.5 Å². The van der Waals surface area contributed by atoms with E-state index in [1.807, 2.05) is 69.2 Å². The van der Waals surface area contributed by atoms with E-state index in [4.69, 9.17) is 4.74 Å². The molecule has 0 atom stereocenters. The summed E-state index contributed by atoms with van der Waals surface area (Å²) in [7, 11) is 7.65. The number of likely N-dealkylation sites (N-methyl/N-ethyl adjacent to an activating group) is 2. The number of amides is 1. The molecule has 36 heavy (non-hydrogen) atoms. The second-order valence-electron chi connectivity index (χ2n) is 8.80. The summed E-state index contributed by atoms with van der Waals surface area (Å²) >= 11 is 0. The Balaban J connectivity index is 1.73. The molecule has 0 saturated heterocycles. The van der Waals surface area contributed by atoms with E-state index in [2.05, 4.69) is 25.6 Å². The molecular weight excluding hydrogens is 458 g/mol. The minimum absolute atomic E-state index is 0.0771. The molecule has 10 heteroatoms. The number of hydrogen-bond donors (Lipinski definition) is 3. The van der Waals surface area contributed by atoms with Gasteiger partial charge in [0, 0.05) is 50.3 Å². The smallest absolute Gasteiger partial charge is 0.224 e. The summed E-state index contributed by atoms with van der Waals surface area (Å²) in [5.41, 5.74) is 6.32. The normalized spacial score (nSPS) is 11.2. The Morgan fingerprint density at radius 2 is 1.92 bits per heavy atom. The van der Waals surface area contributed by atoms with Gasteiger partial charge < -0.3 is 25.0 Å². The lowest BCUT2D eigenvalue weighted by Crippen LogP contribution is -2.29. The first-order valence-electron chi connectivity index (χ1n) is 11.8. The summed E-state index contributed by atoms with van der Waals surface area (Å²) in [4.78, 5) is 18.2. The fraction of sp³-hybridized carbons (Fsp3) is 0.308. The molecule has 0 fully saturated rings. The number of phenols is 1. The molecule has 0 aliphatic heterocycles. The van der Waals surface area contributed by atoms with Crippen molar-refractivity contribution in [3.05, 3.63) is 54.9 Å².